The van der Waals surface area contributed by atoms with Crippen molar-refractivity contribution in [3.05, 3.63) is 64.7 Å². The second-order valence-electron chi connectivity index (χ2n) is 4.54. The number of rotatable bonds is 6. The van der Waals surface area contributed by atoms with E-state index >= 15 is 0 Å². The summed E-state index contributed by atoms with van der Waals surface area (Å²) in [6.07, 6.45) is 0.857. The first kappa shape index (κ1) is 15.4. The highest BCUT2D eigenvalue weighted by Crippen LogP contribution is 2.18. The number of aryl methyl sites for hydroxylation is 1. The molecule has 2 rings (SSSR count). The SMILES string of the molecule is CCc1ccccc1OCC(=O)OCc1ccc(Cl)cc1. The van der Waals surface area contributed by atoms with E-state index in [9.17, 15) is 4.79 Å². The Labute approximate surface area is 129 Å². The fourth-order valence-corrected chi connectivity index (χ4v) is 1.99. The molecule has 4 heteroatoms. The van der Waals surface area contributed by atoms with Crippen molar-refractivity contribution in [1.29, 1.82) is 0 Å². The molecule has 0 radical (unpaired) electrons. The molecule has 0 aromatic heterocycles. The minimum absolute atomic E-state index is 0.0927. The summed E-state index contributed by atoms with van der Waals surface area (Å²) in [4.78, 5) is 11.7. The van der Waals surface area contributed by atoms with Crippen LogP contribution in [0.25, 0.3) is 0 Å². The first-order valence-corrected chi connectivity index (χ1v) is 7.17. The predicted molar refractivity (Wildman–Crippen MR) is 82.6 cm³/mol. The number of ether oxygens (including phenoxy) is 2. The molecule has 110 valence electrons. The zero-order valence-electron chi connectivity index (χ0n) is 11.8. The molecule has 0 bridgehead atoms. The van der Waals surface area contributed by atoms with Crippen molar-refractivity contribution in [2.75, 3.05) is 6.61 Å². The van der Waals surface area contributed by atoms with Gasteiger partial charge >= 0.3 is 5.97 Å². The van der Waals surface area contributed by atoms with Crippen LogP contribution in [0.5, 0.6) is 5.75 Å². The lowest BCUT2D eigenvalue weighted by Gasteiger charge is -2.10. The highest BCUT2D eigenvalue weighted by molar-refractivity contribution is 6.30. The van der Waals surface area contributed by atoms with Crippen LogP contribution in [0.1, 0.15) is 18.1 Å². The van der Waals surface area contributed by atoms with Gasteiger partial charge in [-0.1, -0.05) is 48.9 Å². The van der Waals surface area contributed by atoms with Gasteiger partial charge in [0, 0.05) is 5.02 Å². The maximum absolute atomic E-state index is 11.7. The molecule has 0 atom stereocenters. The second kappa shape index (κ2) is 7.70. The summed E-state index contributed by atoms with van der Waals surface area (Å²) in [6, 6.07) is 14.8. The molecular formula is C17H17ClO3. The van der Waals surface area contributed by atoms with Gasteiger partial charge in [-0.2, -0.15) is 0 Å². The monoisotopic (exact) mass is 304 g/mol. The van der Waals surface area contributed by atoms with Gasteiger partial charge in [0.2, 0.25) is 0 Å². The molecule has 0 aliphatic rings. The smallest absolute Gasteiger partial charge is 0.344 e. The highest BCUT2D eigenvalue weighted by Gasteiger charge is 2.07. The van der Waals surface area contributed by atoms with Crippen LogP contribution < -0.4 is 4.74 Å². The van der Waals surface area contributed by atoms with Gasteiger partial charge in [0.05, 0.1) is 0 Å². The Morgan fingerprint density at radius 1 is 1.10 bits per heavy atom. The van der Waals surface area contributed by atoms with Crippen molar-refractivity contribution >= 4 is 17.6 Å². The average molecular weight is 305 g/mol. The summed E-state index contributed by atoms with van der Waals surface area (Å²) in [5.41, 5.74) is 1.96. The third kappa shape index (κ3) is 4.80. The summed E-state index contributed by atoms with van der Waals surface area (Å²) in [5.74, 6) is 0.333. The normalized spacial score (nSPS) is 10.2. The van der Waals surface area contributed by atoms with Crippen LogP contribution in [-0.4, -0.2) is 12.6 Å². The minimum Gasteiger partial charge on any atom is -0.482 e. The van der Waals surface area contributed by atoms with Crippen LogP contribution >= 0.6 is 11.6 Å². The van der Waals surface area contributed by atoms with Gasteiger partial charge in [-0.25, -0.2) is 4.79 Å². The summed E-state index contributed by atoms with van der Waals surface area (Å²) < 4.78 is 10.7. The van der Waals surface area contributed by atoms with Crippen molar-refractivity contribution in [3.63, 3.8) is 0 Å². The molecule has 2 aromatic carbocycles. The number of halogens is 1. The average Bonchev–Trinajstić information content (AvgIpc) is 2.52. The molecular weight excluding hydrogens is 288 g/mol. The van der Waals surface area contributed by atoms with Crippen LogP contribution in [-0.2, 0) is 22.6 Å². The van der Waals surface area contributed by atoms with Crippen molar-refractivity contribution in [3.8, 4) is 5.75 Å². The number of para-hydroxylation sites is 1. The Morgan fingerprint density at radius 2 is 1.81 bits per heavy atom. The van der Waals surface area contributed by atoms with Crippen molar-refractivity contribution in [2.24, 2.45) is 0 Å². The van der Waals surface area contributed by atoms with Gasteiger partial charge in [-0.15, -0.1) is 0 Å². The standard InChI is InChI=1S/C17H17ClO3/c1-2-14-5-3-4-6-16(14)20-12-17(19)21-11-13-7-9-15(18)10-8-13/h3-10H,2,11-12H2,1H3. The maximum atomic E-state index is 11.7. The van der Waals surface area contributed by atoms with Crippen molar-refractivity contribution in [2.45, 2.75) is 20.0 Å². The first-order chi connectivity index (χ1) is 10.2. The van der Waals surface area contributed by atoms with Crippen molar-refractivity contribution < 1.29 is 14.3 Å². The lowest BCUT2D eigenvalue weighted by Crippen LogP contribution is -2.15. The van der Waals surface area contributed by atoms with Crippen LogP contribution in [0.15, 0.2) is 48.5 Å². The molecule has 0 fully saturated rings. The Bertz CT molecular complexity index is 593. The largest absolute Gasteiger partial charge is 0.482 e. The third-order valence-electron chi connectivity index (χ3n) is 3.01. The third-order valence-corrected chi connectivity index (χ3v) is 3.26. The minimum atomic E-state index is -0.393. The van der Waals surface area contributed by atoms with Crippen LogP contribution in [0.4, 0.5) is 0 Å². The molecule has 21 heavy (non-hydrogen) atoms. The fourth-order valence-electron chi connectivity index (χ4n) is 1.86. The number of carbonyl (C=O) groups excluding carboxylic acids is 1. The van der Waals surface area contributed by atoms with E-state index in [1.165, 1.54) is 0 Å². The van der Waals surface area contributed by atoms with Crippen molar-refractivity contribution in [1.82, 2.24) is 0 Å². The van der Waals surface area contributed by atoms with E-state index in [-0.39, 0.29) is 13.2 Å². The lowest BCUT2D eigenvalue weighted by molar-refractivity contribution is -0.147. The molecule has 0 spiro atoms. The summed E-state index contributed by atoms with van der Waals surface area (Å²) in [5, 5.41) is 0.657. The number of hydrogen-bond donors (Lipinski definition) is 0. The zero-order valence-corrected chi connectivity index (χ0v) is 12.6. The highest BCUT2D eigenvalue weighted by atomic mass is 35.5. The number of hydrogen-bond acceptors (Lipinski definition) is 3. The Balaban J connectivity index is 1.81. The van der Waals surface area contributed by atoms with Gasteiger partial charge in [0.25, 0.3) is 0 Å². The number of carbonyl (C=O) groups is 1. The summed E-state index contributed by atoms with van der Waals surface area (Å²) in [6.45, 7) is 2.17. The molecule has 0 N–H and O–H groups in total. The van der Waals surface area contributed by atoms with Gasteiger partial charge in [0.15, 0.2) is 6.61 Å². The van der Waals surface area contributed by atoms with E-state index in [4.69, 9.17) is 21.1 Å². The topological polar surface area (TPSA) is 35.5 Å². The fraction of sp³-hybridized carbons (Fsp3) is 0.235. The quantitative estimate of drug-likeness (QED) is 0.756. The molecule has 0 saturated heterocycles. The number of esters is 1. The van der Waals surface area contributed by atoms with Crippen LogP contribution in [0, 0.1) is 0 Å². The molecule has 0 unspecified atom stereocenters. The van der Waals surface area contributed by atoms with E-state index in [1.54, 1.807) is 12.1 Å². The maximum Gasteiger partial charge on any atom is 0.344 e. The molecule has 0 aliphatic heterocycles. The van der Waals surface area contributed by atoms with Gasteiger partial charge < -0.3 is 9.47 Å². The molecule has 0 aliphatic carbocycles. The van der Waals surface area contributed by atoms with Gasteiger partial charge in [0.1, 0.15) is 12.4 Å². The zero-order chi connectivity index (χ0) is 15.1. The Hall–Kier alpha value is -2.00. The van der Waals surface area contributed by atoms with E-state index in [0.29, 0.717) is 5.02 Å². The van der Waals surface area contributed by atoms with Gasteiger partial charge in [-0.05, 0) is 35.7 Å². The van der Waals surface area contributed by atoms with E-state index in [2.05, 4.69) is 0 Å². The Kier molecular flexibility index (Phi) is 5.64. The predicted octanol–water partition coefficient (Wildman–Crippen LogP) is 4.02. The first-order valence-electron chi connectivity index (χ1n) is 6.80. The number of benzene rings is 2. The summed E-state index contributed by atoms with van der Waals surface area (Å²) in [7, 11) is 0. The van der Waals surface area contributed by atoms with Crippen LogP contribution in [0.2, 0.25) is 5.02 Å². The second-order valence-corrected chi connectivity index (χ2v) is 4.97. The molecule has 0 saturated carbocycles. The molecule has 0 heterocycles. The molecule has 2 aromatic rings. The Morgan fingerprint density at radius 3 is 2.52 bits per heavy atom. The lowest BCUT2D eigenvalue weighted by atomic mass is 10.1. The van der Waals surface area contributed by atoms with Gasteiger partial charge in [-0.3, -0.25) is 0 Å². The molecule has 0 amide bonds. The van der Waals surface area contributed by atoms with E-state index in [1.807, 2.05) is 43.3 Å². The van der Waals surface area contributed by atoms with E-state index < -0.39 is 5.97 Å². The molecule has 3 nitrogen and oxygen atoms in total. The van der Waals surface area contributed by atoms with E-state index in [0.717, 1.165) is 23.3 Å². The summed E-state index contributed by atoms with van der Waals surface area (Å²) >= 11 is 5.79. The van der Waals surface area contributed by atoms with Crippen LogP contribution in [0.3, 0.4) is 0 Å².